The van der Waals surface area contributed by atoms with E-state index >= 15 is 0 Å². The van der Waals surface area contributed by atoms with Crippen LogP contribution in [0.1, 0.15) is 35.2 Å². The number of benzene rings is 4. The number of hydrogen-bond acceptors (Lipinski definition) is 10. The Balaban J connectivity index is 0.00000103. The Morgan fingerprint density at radius 1 is 1.02 bits per heavy atom. The standard InChI is InChI=1S/C31H21FN4O5S2.C2H4O2/c1-17-12-13-20(15-24(17)32)27(37)25-26(19-8-5-10-22(14-19)36(40)41)35(29(39)28(25)38)30-33-34-31(43-30)42-16-21-9-4-7-18-6-2-3-11-23(18)21;1-2(3)4/h2-15,26,37H,16H2,1H3;1H3,(H,3,4)/b27-25+;. The number of carbonyl (C=O) groups excluding carboxylic acids is 2. The van der Waals surface area contributed by atoms with Crippen LogP contribution < -0.4 is 4.90 Å². The highest BCUT2D eigenvalue weighted by atomic mass is 32.2. The van der Waals surface area contributed by atoms with Gasteiger partial charge in [0.05, 0.1) is 16.5 Å². The van der Waals surface area contributed by atoms with Gasteiger partial charge >= 0.3 is 5.91 Å². The van der Waals surface area contributed by atoms with Crippen molar-refractivity contribution >= 4 is 68.1 Å². The number of amides is 1. The number of nitrogens with zero attached hydrogens (tertiary/aromatic N) is 4. The number of Topliss-reactive ketones (excluding diaryl/α,β-unsaturated/α-hetero) is 1. The number of aryl methyl sites for hydroxylation is 1. The summed E-state index contributed by atoms with van der Waals surface area (Å²) >= 11 is 2.49. The summed E-state index contributed by atoms with van der Waals surface area (Å²) in [5.41, 5.74) is 0.988. The number of rotatable bonds is 7. The van der Waals surface area contributed by atoms with Crippen LogP contribution in [0.4, 0.5) is 15.2 Å². The number of nitro groups is 1. The molecule has 2 heterocycles. The average molecular weight is 673 g/mol. The first-order chi connectivity index (χ1) is 22.5. The summed E-state index contributed by atoms with van der Waals surface area (Å²) < 4.78 is 14.9. The molecule has 1 atom stereocenters. The molecular formula is C33H25FN4O7S2. The number of aromatic nitrogens is 2. The van der Waals surface area contributed by atoms with Gasteiger partial charge < -0.3 is 10.2 Å². The minimum Gasteiger partial charge on any atom is -0.507 e. The van der Waals surface area contributed by atoms with Crippen molar-refractivity contribution in [3.8, 4) is 0 Å². The number of anilines is 1. The zero-order valence-electron chi connectivity index (χ0n) is 24.8. The summed E-state index contributed by atoms with van der Waals surface area (Å²) in [6, 6.07) is 22.1. The van der Waals surface area contributed by atoms with E-state index in [9.17, 15) is 29.2 Å². The van der Waals surface area contributed by atoms with Gasteiger partial charge in [0.2, 0.25) is 5.13 Å². The van der Waals surface area contributed by atoms with Gasteiger partial charge in [-0.1, -0.05) is 89.8 Å². The number of carbonyl (C=O) groups is 3. The maximum absolute atomic E-state index is 14.4. The number of aliphatic hydroxyl groups is 1. The molecule has 0 radical (unpaired) electrons. The first-order valence-electron chi connectivity index (χ1n) is 13.9. The number of carboxylic acid groups (broad SMARTS) is 1. The second-order valence-electron chi connectivity index (χ2n) is 10.3. The number of carboxylic acids is 1. The third-order valence-electron chi connectivity index (χ3n) is 7.12. The number of fused-ring (bicyclic) bond motifs is 1. The number of non-ortho nitro benzene ring substituents is 1. The minimum absolute atomic E-state index is 0.0138. The predicted octanol–water partition coefficient (Wildman–Crippen LogP) is 7.06. The third-order valence-corrected chi connectivity index (χ3v) is 9.22. The zero-order valence-corrected chi connectivity index (χ0v) is 26.4. The summed E-state index contributed by atoms with van der Waals surface area (Å²) in [5.74, 6) is -3.50. The van der Waals surface area contributed by atoms with Crippen molar-refractivity contribution in [1.82, 2.24) is 10.2 Å². The molecule has 11 nitrogen and oxygen atoms in total. The smallest absolute Gasteiger partial charge is 0.301 e. The molecule has 1 amide bonds. The Morgan fingerprint density at radius 2 is 1.72 bits per heavy atom. The first kappa shape index (κ1) is 32.9. The molecule has 5 aromatic rings. The molecule has 1 unspecified atom stereocenters. The van der Waals surface area contributed by atoms with Gasteiger partial charge in [-0.05, 0) is 40.5 Å². The fourth-order valence-electron chi connectivity index (χ4n) is 4.97. The highest BCUT2D eigenvalue weighted by Gasteiger charge is 2.48. The lowest BCUT2D eigenvalue weighted by molar-refractivity contribution is -0.384. The molecular weight excluding hydrogens is 648 g/mol. The van der Waals surface area contributed by atoms with Gasteiger partial charge in [-0.3, -0.25) is 29.4 Å². The van der Waals surface area contributed by atoms with Crippen LogP contribution in [0.15, 0.2) is 94.8 Å². The van der Waals surface area contributed by atoms with Crippen LogP contribution >= 0.6 is 23.1 Å². The van der Waals surface area contributed by atoms with Crippen molar-refractivity contribution in [2.75, 3.05) is 4.90 Å². The first-order valence-corrected chi connectivity index (χ1v) is 15.7. The van der Waals surface area contributed by atoms with Gasteiger partial charge in [-0.25, -0.2) is 4.39 Å². The van der Waals surface area contributed by atoms with E-state index in [1.54, 1.807) is 6.92 Å². The maximum atomic E-state index is 14.4. The normalized spacial score (nSPS) is 15.4. The topological polar surface area (TPSA) is 164 Å². The van der Waals surface area contributed by atoms with E-state index in [1.165, 1.54) is 48.2 Å². The molecule has 0 aliphatic carbocycles. The number of aliphatic carboxylic acids is 1. The fraction of sp³-hybridized carbons (Fsp3) is 0.121. The predicted molar refractivity (Wildman–Crippen MR) is 176 cm³/mol. The zero-order chi connectivity index (χ0) is 33.8. The van der Waals surface area contributed by atoms with E-state index < -0.39 is 40.2 Å². The summed E-state index contributed by atoms with van der Waals surface area (Å²) in [6.07, 6.45) is 0. The highest BCUT2D eigenvalue weighted by molar-refractivity contribution is 8.00. The molecule has 1 aromatic heterocycles. The second-order valence-corrected chi connectivity index (χ2v) is 12.5. The van der Waals surface area contributed by atoms with Gasteiger partial charge in [0, 0.05) is 30.4 Å². The van der Waals surface area contributed by atoms with Crippen molar-refractivity contribution in [3.05, 3.63) is 129 Å². The van der Waals surface area contributed by atoms with E-state index in [0.717, 1.165) is 45.6 Å². The largest absolute Gasteiger partial charge is 0.507 e. The number of aliphatic hydroxyl groups excluding tert-OH is 1. The molecule has 6 rings (SSSR count). The molecule has 0 saturated carbocycles. The monoisotopic (exact) mass is 672 g/mol. The summed E-state index contributed by atoms with van der Waals surface area (Å²) in [6.45, 7) is 2.63. The lowest BCUT2D eigenvalue weighted by Gasteiger charge is -2.22. The molecule has 4 aromatic carbocycles. The Labute approximate surface area is 275 Å². The van der Waals surface area contributed by atoms with Crippen LogP contribution in [0.2, 0.25) is 0 Å². The van der Waals surface area contributed by atoms with Crippen molar-refractivity contribution in [1.29, 1.82) is 0 Å². The third kappa shape index (κ3) is 7.03. The number of halogens is 1. The molecule has 0 bridgehead atoms. The number of thioether (sulfide) groups is 1. The summed E-state index contributed by atoms with van der Waals surface area (Å²) in [5, 5.41) is 40.9. The van der Waals surface area contributed by atoms with Crippen LogP contribution in [0.25, 0.3) is 16.5 Å². The Hall–Kier alpha value is -5.47. The minimum atomic E-state index is -1.27. The van der Waals surface area contributed by atoms with Crippen molar-refractivity contribution < 1.29 is 33.9 Å². The number of nitro benzene ring substituents is 1. The molecule has 47 heavy (non-hydrogen) atoms. The SMILES string of the molecule is CC(=O)O.Cc1ccc(/C(O)=C2\C(=O)C(=O)N(c3nnc(SCc4cccc5ccccc45)s3)C2c2cccc([N+](=O)[O-])c2)cc1F. The molecule has 1 aliphatic heterocycles. The Morgan fingerprint density at radius 3 is 2.45 bits per heavy atom. The van der Waals surface area contributed by atoms with Gasteiger partial charge in [0.1, 0.15) is 11.6 Å². The van der Waals surface area contributed by atoms with Crippen molar-refractivity contribution in [2.24, 2.45) is 0 Å². The van der Waals surface area contributed by atoms with Crippen LogP contribution in [0.3, 0.4) is 0 Å². The van der Waals surface area contributed by atoms with Crippen LogP contribution in [0.5, 0.6) is 0 Å². The molecule has 1 fully saturated rings. The lowest BCUT2D eigenvalue weighted by Crippen LogP contribution is -2.29. The van der Waals surface area contributed by atoms with Crippen LogP contribution in [-0.2, 0) is 20.1 Å². The van der Waals surface area contributed by atoms with Crippen molar-refractivity contribution in [3.63, 3.8) is 0 Å². The van der Waals surface area contributed by atoms with E-state index in [2.05, 4.69) is 10.2 Å². The van der Waals surface area contributed by atoms with E-state index in [1.807, 2.05) is 42.5 Å². The number of hydrogen-bond donors (Lipinski definition) is 2. The van der Waals surface area contributed by atoms with Gasteiger partial charge in [-0.15, -0.1) is 10.2 Å². The van der Waals surface area contributed by atoms with Crippen LogP contribution in [0, 0.1) is 22.9 Å². The Kier molecular flexibility index (Phi) is 9.72. The summed E-state index contributed by atoms with van der Waals surface area (Å²) in [4.78, 5) is 47.9. The van der Waals surface area contributed by atoms with Gasteiger partial charge in [-0.2, -0.15) is 0 Å². The maximum Gasteiger partial charge on any atom is 0.301 e. The summed E-state index contributed by atoms with van der Waals surface area (Å²) in [7, 11) is 0. The molecule has 0 spiro atoms. The average Bonchev–Trinajstić information content (AvgIpc) is 3.62. The highest BCUT2D eigenvalue weighted by Crippen LogP contribution is 2.44. The fourth-order valence-corrected chi connectivity index (χ4v) is 6.84. The Bertz CT molecular complexity index is 2070. The van der Waals surface area contributed by atoms with E-state index in [-0.39, 0.29) is 27.5 Å². The van der Waals surface area contributed by atoms with Crippen LogP contribution in [-0.4, -0.2) is 43.0 Å². The number of ketones is 1. The van der Waals surface area contributed by atoms with Gasteiger partial charge in [0.25, 0.3) is 17.4 Å². The van der Waals surface area contributed by atoms with Crippen molar-refractivity contribution in [2.45, 2.75) is 30.0 Å². The molecule has 14 heteroatoms. The molecule has 1 saturated heterocycles. The van der Waals surface area contributed by atoms with E-state index in [4.69, 9.17) is 9.90 Å². The second kappa shape index (κ2) is 13.9. The molecule has 238 valence electrons. The van der Waals surface area contributed by atoms with Gasteiger partial charge in [0.15, 0.2) is 4.34 Å². The molecule has 2 N–H and O–H groups in total. The quantitative estimate of drug-likeness (QED) is 0.0348. The molecule has 1 aliphatic rings. The van der Waals surface area contributed by atoms with E-state index in [0.29, 0.717) is 15.7 Å². The lowest BCUT2D eigenvalue weighted by atomic mass is 9.95.